The molecular formula is C10H12N4O. The Bertz CT molecular complexity index is 461. The van der Waals surface area contributed by atoms with E-state index >= 15 is 0 Å². The van der Waals surface area contributed by atoms with Gasteiger partial charge in [0, 0.05) is 18.9 Å². The smallest absolute Gasteiger partial charge is 0.157 e. The molecule has 0 aliphatic carbocycles. The summed E-state index contributed by atoms with van der Waals surface area (Å²) in [7, 11) is 0. The topological polar surface area (TPSA) is 51.5 Å². The SMILES string of the molecule is c1cc2nc(NC3CCOC3)ccn2n1. The maximum absolute atomic E-state index is 5.29. The zero-order valence-corrected chi connectivity index (χ0v) is 8.26. The Morgan fingerprint density at radius 1 is 1.47 bits per heavy atom. The highest BCUT2D eigenvalue weighted by molar-refractivity contribution is 5.45. The third-order valence-electron chi connectivity index (χ3n) is 2.54. The van der Waals surface area contributed by atoms with Crippen molar-refractivity contribution in [2.45, 2.75) is 12.5 Å². The van der Waals surface area contributed by atoms with Gasteiger partial charge in [-0.1, -0.05) is 0 Å². The van der Waals surface area contributed by atoms with Crippen LogP contribution in [0.5, 0.6) is 0 Å². The quantitative estimate of drug-likeness (QED) is 0.790. The molecule has 3 heterocycles. The van der Waals surface area contributed by atoms with E-state index in [2.05, 4.69) is 15.4 Å². The molecule has 15 heavy (non-hydrogen) atoms. The van der Waals surface area contributed by atoms with Crippen LogP contribution in [0.15, 0.2) is 24.5 Å². The lowest BCUT2D eigenvalue weighted by atomic mass is 10.2. The molecule has 5 heteroatoms. The van der Waals surface area contributed by atoms with Crippen LogP contribution in [-0.2, 0) is 4.74 Å². The first-order valence-electron chi connectivity index (χ1n) is 5.06. The van der Waals surface area contributed by atoms with Gasteiger partial charge in [0.25, 0.3) is 0 Å². The van der Waals surface area contributed by atoms with Crippen LogP contribution in [-0.4, -0.2) is 33.9 Å². The zero-order chi connectivity index (χ0) is 10.1. The first-order valence-corrected chi connectivity index (χ1v) is 5.06. The average molecular weight is 204 g/mol. The molecule has 0 saturated carbocycles. The normalized spacial score (nSPS) is 20.9. The van der Waals surface area contributed by atoms with E-state index in [9.17, 15) is 0 Å². The molecule has 0 bridgehead atoms. The number of hydrogen-bond acceptors (Lipinski definition) is 4. The van der Waals surface area contributed by atoms with Crippen molar-refractivity contribution in [1.82, 2.24) is 14.6 Å². The van der Waals surface area contributed by atoms with Gasteiger partial charge in [-0.15, -0.1) is 0 Å². The molecule has 78 valence electrons. The van der Waals surface area contributed by atoms with Crippen LogP contribution in [0.4, 0.5) is 5.82 Å². The molecular weight excluding hydrogens is 192 g/mol. The van der Waals surface area contributed by atoms with Gasteiger partial charge in [-0.05, 0) is 12.5 Å². The van der Waals surface area contributed by atoms with Crippen molar-refractivity contribution < 1.29 is 4.74 Å². The molecule has 5 nitrogen and oxygen atoms in total. The van der Waals surface area contributed by atoms with E-state index in [1.807, 2.05) is 18.3 Å². The van der Waals surface area contributed by atoms with E-state index in [0.29, 0.717) is 6.04 Å². The second-order valence-corrected chi connectivity index (χ2v) is 3.65. The van der Waals surface area contributed by atoms with Crippen LogP contribution in [0, 0.1) is 0 Å². The van der Waals surface area contributed by atoms with E-state index in [-0.39, 0.29) is 0 Å². The number of ether oxygens (including phenoxy) is 1. The molecule has 1 fully saturated rings. The van der Waals surface area contributed by atoms with E-state index in [1.54, 1.807) is 10.7 Å². The molecule has 1 unspecified atom stereocenters. The van der Waals surface area contributed by atoms with Gasteiger partial charge in [-0.25, -0.2) is 9.50 Å². The second kappa shape index (κ2) is 3.51. The lowest BCUT2D eigenvalue weighted by molar-refractivity contribution is 0.195. The maximum Gasteiger partial charge on any atom is 0.157 e. The lowest BCUT2D eigenvalue weighted by Gasteiger charge is -2.10. The Labute approximate surface area is 87.1 Å². The first-order chi connectivity index (χ1) is 7.42. The Morgan fingerprint density at radius 2 is 2.47 bits per heavy atom. The maximum atomic E-state index is 5.29. The van der Waals surface area contributed by atoms with Crippen molar-refractivity contribution in [2.75, 3.05) is 18.5 Å². The lowest BCUT2D eigenvalue weighted by Crippen LogP contribution is -2.19. The van der Waals surface area contributed by atoms with Gasteiger partial charge >= 0.3 is 0 Å². The van der Waals surface area contributed by atoms with Crippen molar-refractivity contribution in [3.05, 3.63) is 24.5 Å². The van der Waals surface area contributed by atoms with Crippen molar-refractivity contribution in [1.29, 1.82) is 0 Å². The molecule has 0 aromatic carbocycles. The molecule has 1 saturated heterocycles. The number of fused-ring (bicyclic) bond motifs is 1. The molecule has 1 N–H and O–H groups in total. The number of rotatable bonds is 2. The largest absolute Gasteiger partial charge is 0.379 e. The van der Waals surface area contributed by atoms with Gasteiger partial charge in [0.1, 0.15) is 5.82 Å². The van der Waals surface area contributed by atoms with Crippen LogP contribution in [0.25, 0.3) is 5.65 Å². The fourth-order valence-electron chi connectivity index (χ4n) is 1.75. The van der Waals surface area contributed by atoms with Crippen LogP contribution in [0.2, 0.25) is 0 Å². The summed E-state index contributed by atoms with van der Waals surface area (Å²) >= 11 is 0. The molecule has 1 aliphatic rings. The molecule has 0 radical (unpaired) electrons. The number of nitrogens with one attached hydrogen (secondary N) is 1. The van der Waals surface area contributed by atoms with Gasteiger partial charge in [-0.2, -0.15) is 5.10 Å². The highest BCUT2D eigenvalue weighted by Gasteiger charge is 2.15. The van der Waals surface area contributed by atoms with Gasteiger partial charge < -0.3 is 10.1 Å². The Hall–Kier alpha value is -1.62. The summed E-state index contributed by atoms with van der Waals surface area (Å²) in [6, 6.07) is 4.21. The monoisotopic (exact) mass is 204 g/mol. The predicted octanol–water partition coefficient (Wildman–Crippen LogP) is 0.930. The Kier molecular flexibility index (Phi) is 2.03. The summed E-state index contributed by atoms with van der Waals surface area (Å²) in [5.41, 5.74) is 0.860. The highest BCUT2D eigenvalue weighted by atomic mass is 16.5. The van der Waals surface area contributed by atoms with Gasteiger partial charge in [0.05, 0.1) is 18.8 Å². The minimum Gasteiger partial charge on any atom is -0.379 e. The van der Waals surface area contributed by atoms with Gasteiger partial charge in [0.15, 0.2) is 5.65 Å². The highest BCUT2D eigenvalue weighted by Crippen LogP contribution is 2.12. The summed E-state index contributed by atoms with van der Waals surface area (Å²) in [6.45, 7) is 1.61. The van der Waals surface area contributed by atoms with Crippen LogP contribution >= 0.6 is 0 Å². The van der Waals surface area contributed by atoms with Crippen molar-refractivity contribution in [3.63, 3.8) is 0 Å². The standard InChI is InChI=1S/C10H12N4O/c1-4-11-14-5-2-9(13-10(1)14)12-8-3-6-15-7-8/h1-2,4-5,8H,3,6-7H2,(H,12,13). The Balaban J connectivity index is 1.84. The molecule has 0 spiro atoms. The minimum atomic E-state index is 0.392. The van der Waals surface area contributed by atoms with Crippen LogP contribution in [0.3, 0.4) is 0 Å². The fourth-order valence-corrected chi connectivity index (χ4v) is 1.75. The summed E-state index contributed by atoms with van der Waals surface area (Å²) in [5.74, 6) is 0.888. The Morgan fingerprint density at radius 3 is 3.33 bits per heavy atom. The van der Waals surface area contributed by atoms with Crippen LogP contribution in [0.1, 0.15) is 6.42 Å². The molecule has 2 aromatic heterocycles. The molecule has 3 rings (SSSR count). The van der Waals surface area contributed by atoms with Gasteiger partial charge in [0.2, 0.25) is 0 Å². The van der Waals surface area contributed by atoms with Gasteiger partial charge in [-0.3, -0.25) is 0 Å². The summed E-state index contributed by atoms with van der Waals surface area (Å²) in [5, 5.41) is 7.44. The fraction of sp³-hybridized carbons (Fsp3) is 0.400. The molecule has 0 amide bonds. The first kappa shape index (κ1) is 8.67. The van der Waals surface area contributed by atoms with E-state index in [0.717, 1.165) is 31.1 Å². The second-order valence-electron chi connectivity index (χ2n) is 3.65. The number of anilines is 1. The molecule has 1 atom stereocenters. The molecule has 2 aromatic rings. The van der Waals surface area contributed by atoms with E-state index < -0.39 is 0 Å². The van der Waals surface area contributed by atoms with Crippen LogP contribution < -0.4 is 5.32 Å². The number of aromatic nitrogens is 3. The summed E-state index contributed by atoms with van der Waals surface area (Å²) in [6.07, 6.45) is 4.69. The third-order valence-corrected chi connectivity index (χ3v) is 2.54. The van der Waals surface area contributed by atoms with Crippen molar-refractivity contribution in [2.24, 2.45) is 0 Å². The summed E-state index contributed by atoms with van der Waals surface area (Å²) in [4.78, 5) is 4.43. The van der Waals surface area contributed by atoms with E-state index in [4.69, 9.17) is 4.74 Å². The predicted molar refractivity (Wildman–Crippen MR) is 55.8 cm³/mol. The number of hydrogen-bond donors (Lipinski definition) is 1. The third kappa shape index (κ3) is 1.66. The minimum absolute atomic E-state index is 0.392. The molecule has 1 aliphatic heterocycles. The van der Waals surface area contributed by atoms with E-state index in [1.165, 1.54) is 0 Å². The zero-order valence-electron chi connectivity index (χ0n) is 8.26. The summed E-state index contributed by atoms with van der Waals surface area (Å²) < 4.78 is 7.04. The average Bonchev–Trinajstić information content (AvgIpc) is 2.87. The number of nitrogens with zero attached hydrogens (tertiary/aromatic N) is 3. The van der Waals surface area contributed by atoms with Crippen molar-refractivity contribution >= 4 is 11.5 Å². The van der Waals surface area contributed by atoms with Crippen molar-refractivity contribution in [3.8, 4) is 0 Å².